The molecule has 0 bridgehead atoms. The summed E-state index contributed by atoms with van der Waals surface area (Å²) in [5, 5.41) is 3.51. The molecule has 0 amide bonds. The van der Waals surface area contributed by atoms with Crippen LogP contribution in [0.3, 0.4) is 0 Å². The Morgan fingerprint density at radius 2 is 1.70 bits per heavy atom. The first-order chi connectivity index (χ1) is 14.4. The molecule has 0 aliphatic rings. The van der Waals surface area contributed by atoms with Gasteiger partial charge >= 0.3 is 0 Å². The van der Waals surface area contributed by atoms with E-state index in [-0.39, 0.29) is 14.9 Å². The predicted molar refractivity (Wildman–Crippen MR) is 116 cm³/mol. The van der Waals surface area contributed by atoms with Crippen molar-refractivity contribution in [1.29, 1.82) is 0 Å². The van der Waals surface area contributed by atoms with Crippen LogP contribution >= 0.6 is 23.2 Å². The average Bonchev–Trinajstić information content (AvgIpc) is 3.26. The fraction of sp³-hybridized carbons (Fsp3) is 0. The summed E-state index contributed by atoms with van der Waals surface area (Å²) < 4.78 is 29.5. The number of rotatable bonds is 6. The molecule has 2 heterocycles. The zero-order chi connectivity index (χ0) is 21.1. The molecule has 0 saturated carbocycles. The molecule has 152 valence electrons. The van der Waals surface area contributed by atoms with Gasteiger partial charge in [0.1, 0.15) is 29.2 Å². The van der Waals surface area contributed by atoms with Gasteiger partial charge in [-0.1, -0.05) is 23.2 Å². The van der Waals surface area contributed by atoms with E-state index < -0.39 is 10.0 Å². The van der Waals surface area contributed by atoms with Crippen LogP contribution in [-0.4, -0.2) is 27.9 Å². The highest BCUT2D eigenvalue weighted by Gasteiger charge is 2.18. The molecule has 11 heteroatoms. The Kier molecular flexibility index (Phi) is 5.58. The third-order valence-corrected chi connectivity index (χ3v) is 6.11. The molecule has 4 rings (SSSR count). The van der Waals surface area contributed by atoms with E-state index in [1.165, 1.54) is 24.5 Å². The van der Waals surface area contributed by atoms with E-state index in [0.29, 0.717) is 23.0 Å². The molecule has 0 spiro atoms. The summed E-state index contributed by atoms with van der Waals surface area (Å²) in [4.78, 5) is 12.3. The molecular formula is C19H14Cl2N6O2S. The molecule has 0 fully saturated rings. The Labute approximate surface area is 182 Å². The van der Waals surface area contributed by atoms with E-state index in [9.17, 15) is 8.42 Å². The zero-order valence-electron chi connectivity index (χ0n) is 15.2. The second kappa shape index (κ2) is 8.31. The SMILES string of the molecule is O=S(=O)(Nc1ccc(Nc2cc(-n3ccnc3)ncn2)cc1)c1cc(Cl)ccc1Cl. The minimum Gasteiger partial charge on any atom is -0.340 e. The van der Waals surface area contributed by atoms with E-state index in [1.54, 1.807) is 53.6 Å². The van der Waals surface area contributed by atoms with Gasteiger partial charge in [0.25, 0.3) is 10.0 Å². The van der Waals surface area contributed by atoms with Crippen LogP contribution in [0, 0.1) is 0 Å². The van der Waals surface area contributed by atoms with Gasteiger partial charge in [-0.2, -0.15) is 0 Å². The number of benzene rings is 2. The molecule has 0 aliphatic carbocycles. The molecule has 0 saturated heterocycles. The smallest absolute Gasteiger partial charge is 0.263 e. The number of nitrogens with one attached hydrogen (secondary N) is 2. The molecule has 0 radical (unpaired) electrons. The number of hydrogen-bond donors (Lipinski definition) is 2. The first-order valence-electron chi connectivity index (χ1n) is 8.56. The van der Waals surface area contributed by atoms with Crippen molar-refractivity contribution in [2.45, 2.75) is 4.90 Å². The van der Waals surface area contributed by atoms with Crippen molar-refractivity contribution in [3.05, 3.63) is 83.6 Å². The molecular weight excluding hydrogens is 447 g/mol. The monoisotopic (exact) mass is 460 g/mol. The van der Waals surface area contributed by atoms with Crippen molar-refractivity contribution >= 4 is 50.4 Å². The van der Waals surface area contributed by atoms with Crippen LogP contribution in [-0.2, 0) is 10.0 Å². The lowest BCUT2D eigenvalue weighted by atomic mass is 10.3. The minimum absolute atomic E-state index is 0.0858. The summed E-state index contributed by atoms with van der Waals surface area (Å²) in [7, 11) is -3.89. The van der Waals surface area contributed by atoms with Crippen LogP contribution in [0.15, 0.2) is 78.5 Å². The minimum atomic E-state index is -3.89. The van der Waals surface area contributed by atoms with Gasteiger partial charge in [-0.3, -0.25) is 9.29 Å². The Morgan fingerprint density at radius 3 is 2.43 bits per heavy atom. The maximum Gasteiger partial charge on any atom is 0.263 e. The summed E-state index contributed by atoms with van der Waals surface area (Å²) in [6.07, 6.45) is 6.51. The Bertz CT molecular complexity index is 1280. The van der Waals surface area contributed by atoms with Crippen LogP contribution in [0.1, 0.15) is 0 Å². The average molecular weight is 461 g/mol. The Balaban J connectivity index is 1.50. The van der Waals surface area contributed by atoms with E-state index in [1.807, 2.05) is 0 Å². The van der Waals surface area contributed by atoms with Crippen molar-refractivity contribution in [2.75, 3.05) is 10.0 Å². The van der Waals surface area contributed by atoms with Crippen LogP contribution in [0.5, 0.6) is 0 Å². The standard InChI is InChI=1S/C19H14Cl2N6O2S/c20-13-1-6-16(21)17(9-13)30(28,29)26-15-4-2-14(3-5-15)25-18-10-19(24-11-23-18)27-8-7-22-12-27/h1-12,26H,(H,23,24,25). The topological polar surface area (TPSA) is 102 Å². The fourth-order valence-corrected chi connectivity index (χ4v) is 4.44. The van der Waals surface area contributed by atoms with Crippen molar-refractivity contribution in [3.8, 4) is 5.82 Å². The van der Waals surface area contributed by atoms with Crippen molar-refractivity contribution in [2.24, 2.45) is 0 Å². The molecule has 2 N–H and O–H groups in total. The lowest BCUT2D eigenvalue weighted by Crippen LogP contribution is -2.13. The predicted octanol–water partition coefficient (Wildman–Crippen LogP) is 4.51. The summed E-state index contributed by atoms with van der Waals surface area (Å²) >= 11 is 11.9. The van der Waals surface area contributed by atoms with Crippen molar-refractivity contribution in [3.63, 3.8) is 0 Å². The number of imidazole rings is 1. The summed E-state index contributed by atoms with van der Waals surface area (Å²) in [5.74, 6) is 1.24. The highest BCUT2D eigenvalue weighted by molar-refractivity contribution is 7.92. The number of anilines is 3. The number of hydrogen-bond acceptors (Lipinski definition) is 6. The first-order valence-corrected chi connectivity index (χ1v) is 10.8. The summed E-state index contributed by atoms with van der Waals surface area (Å²) in [6.45, 7) is 0. The first kappa shape index (κ1) is 20.1. The van der Waals surface area contributed by atoms with Gasteiger partial charge in [0, 0.05) is 34.9 Å². The maximum absolute atomic E-state index is 12.6. The van der Waals surface area contributed by atoms with Crippen LogP contribution in [0.2, 0.25) is 10.0 Å². The second-order valence-corrected chi connectivity index (χ2v) is 8.61. The molecule has 0 unspecified atom stereocenters. The van der Waals surface area contributed by atoms with E-state index >= 15 is 0 Å². The van der Waals surface area contributed by atoms with E-state index in [0.717, 1.165) is 0 Å². The molecule has 30 heavy (non-hydrogen) atoms. The van der Waals surface area contributed by atoms with Gasteiger partial charge in [-0.05, 0) is 42.5 Å². The molecule has 2 aromatic carbocycles. The van der Waals surface area contributed by atoms with E-state index in [4.69, 9.17) is 23.2 Å². The van der Waals surface area contributed by atoms with Crippen LogP contribution < -0.4 is 10.0 Å². The van der Waals surface area contributed by atoms with Gasteiger partial charge in [-0.15, -0.1) is 0 Å². The molecule has 2 aromatic heterocycles. The third kappa shape index (κ3) is 4.54. The maximum atomic E-state index is 12.6. The third-order valence-electron chi connectivity index (χ3n) is 4.01. The van der Waals surface area contributed by atoms with Gasteiger partial charge in [0.2, 0.25) is 0 Å². The largest absolute Gasteiger partial charge is 0.340 e. The highest BCUT2D eigenvalue weighted by Crippen LogP contribution is 2.27. The lowest BCUT2D eigenvalue weighted by Gasteiger charge is -2.11. The fourth-order valence-electron chi connectivity index (χ4n) is 2.61. The number of nitrogens with zero attached hydrogens (tertiary/aromatic N) is 4. The summed E-state index contributed by atoms with van der Waals surface area (Å²) in [5.41, 5.74) is 1.09. The highest BCUT2D eigenvalue weighted by atomic mass is 35.5. The molecule has 4 aromatic rings. The quantitative estimate of drug-likeness (QED) is 0.438. The van der Waals surface area contributed by atoms with E-state index in [2.05, 4.69) is 25.0 Å². The zero-order valence-corrected chi connectivity index (χ0v) is 17.5. The normalized spacial score (nSPS) is 11.3. The second-order valence-electron chi connectivity index (χ2n) is 6.11. The van der Waals surface area contributed by atoms with Crippen molar-refractivity contribution in [1.82, 2.24) is 19.5 Å². The molecule has 8 nitrogen and oxygen atoms in total. The van der Waals surface area contributed by atoms with Crippen molar-refractivity contribution < 1.29 is 8.42 Å². The lowest BCUT2D eigenvalue weighted by molar-refractivity contribution is 0.601. The van der Waals surface area contributed by atoms with Gasteiger partial charge in [0.05, 0.1) is 5.02 Å². The number of sulfonamides is 1. The number of aromatic nitrogens is 4. The Hall–Kier alpha value is -3.14. The molecule has 0 aliphatic heterocycles. The van der Waals surface area contributed by atoms with Crippen LogP contribution in [0.25, 0.3) is 5.82 Å². The Morgan fingerprint density at radius 1 is 0.933 bits per heavy atom. The van der Waals surface area contributed by atoms with Crippen LogP contribution in [0.4, 0.5) is 17.2 Å². The van der Waals surface area contributed by atoms with Gasteiger partial charge in [0.15, 0.2) is 0 Å². The van der Waals surface area contributed by atoms with Gasteiger partial charge in [-0.25, -0.2) is 23.4 Å². The van der Waals surface area contributed by atoms with Gasteiger partial charge < -0.3 is 5.32 Å². The molecule has 0 atom stereocenters. The number of halogens is 2. The summed E-state index contributed by atoms with van der Waals surface area (Å²) in [6, 6.07) is 12.7.